The summed E-state index contributed by atoms with van der Waals surface area (Å²) in [5, 5.41) is 8.85. The monoisotopic (exact) mass is 570 g/mol. The van der Waals surface area contributed by atoms with Gasteiger partial charge in [0, 0.05) is 43.7 Å². The summed E-state index contributed by atoms with van der Waals surface area (Å²) >= 11 is 0. The molecule has 3 atom stereocenters. The van der Waals surface area contributed by atoms with Gasteiger partial charge in [0.2, 0.25) is 5.91 Å². The summed E-state index contributed by atoms with van der Waals surface area (Å²) in [6.45, 7) is 7.26. The molecule has 2 N–H and O–H groups in total. The molecule has 224 valence electrons. The second kappa shape index (κ2) is 14.7. The van der Waals surface area contributed by atoms with Crippen LogP contribution >= 0.6 is 0 Å². The number of fused-ring (bicyclic) bond motifs is 1. The van der Waals surface area contributed by atoms with E-state index in [0.717, 1.165) is 62.0 Å². The van der Waals surface area contributed by atoms with Crippen LogP contribution in [0.3, 0.4) is 0 Å². The number of piperidine rings is 1. The van der Waals surface area contributed by atoms with Gasteiger partial charge in [-0.3, -0.25) is 9.59 Å². The lowest BCUT2D eigenvalue weighted by Crippen LogP contribution is -2.50. The summed E-state index contributed by atoms with van der Waals surface area (Å²) in [5.41, 5.74) is 1.92. The lowest BCUT2D eigenvalue weighted by molar-refractivity contribution is -0.133. The van der Waals surface area contributed by atoms with Crippen molar-refractivity contribution in [3.8, 4) is 5.75 Å². The number of rotatable bonds is 11. The number of nitrogens with one attached hydrogen (secondary N) is 2. The van der Waals surface area contributed by atoms with E-state index in [-0.39, 0.29) is 23.9 Å². The van der Waals surface area contributed by atoms with Crippen molar-refractivity contribution in [1.82, 2.24) is 20.4 Å². The van der Waals surface area contributed by atoms with Gasteiger partial charge in [0.25, 0.3) is 5.91 Å². The number of ether oxygens (including phenoxy) is 1. The molecule has 0 bridgehead atoms. The van der Waals surface area contributed by atoms with Gasteiger partial charge in [-0.1, -0.05) is 55.8 Å². The predicted octanol–water partition coefficient (Wildman–Crippen LogP) is 5.21. The van der Waals surface area contributed by atoms with Gasteiger partial charge in [0.1, 0.15) is 5.75 Å². The van der Waals surface area contributed by atoms with Gasteiger partial charge >= 0.3 is 0 Å². The zero-order valence-electron chi connectivity index (χ0n) is 25.2. The Morgan fingerprint density at radius 3 is 2.52 bits per heavy atom. The molecule has 2 aliphatic heterocycles. The minimum Gasteiger partial charge on any atom is -0.497 e. The van der Waals surface area contributed by atoms with Crippen LogP contribution in [0.4, 0.5) is 0 Å². The molecule has 7 heteroatoms. The standard InChI is InChI=1S/C35H46N4O3/c1-3-26(27-10-6-4-7-11-27)25-39-21-16-31(37-33(35(39)41)17-20-38-18-8-5-9-19-38)24-36-34(40)30-13-12-29-23-32(42-2)15-14-28(29)22-30/h4,6-7,10-15,22-23,26,31,33,37H,3,5,8-9,16-21,24-25H2,1-2H3,(H,36,40)/t26-,31+,33+/m1/s1. The van der Waals surface area contributed by atoms with Crippen LogP contribution in [0, 0.1) is 0 Å². The first-order chi connectivity index (χ1) is 20.5. The lowest BCUT2D eigenvalue weighted by atomic mass is 9.95. The van der Waals surface area contributed by atoms with E-state index in [9.17, 15) is 9.59 Å². The summed E-state index contributed by atoms with van der Waals surface area (Å²) in [5.74, 6) is 1.20. The van der Waals surface area contributed by atoms with Crippen LogP contribution < -0.4 is 15.4 Å². The smallest absolute Gasteiger partial charge is 0.251 e. The first kappa shape index (κ1) is 30.1. The van der Waals surface area contributed by atoms with Crippen LogP contribution in [0.15, 0.2) is 66.7 Å². The van der Waals surface area contributed by atoms with Crippen molar-refractivity contribution < 1.29 is 14.3 Å². The Morgan fingerprint density at radius 2 is 1.76 bits per heavy atom. The molecule has 2 saturated heterocycles. The van der Waals surface area contributed by atoms with E-state index in [1.54, 1.807) is 7.11 Å². The molecule has 0 aliphatic carbocycles. The van der Waals surface area contributed by atoms with E-state index in [1.807, 2.05) is 42.5 Å². The number of nitrogens with zero attached hydrogens (tertiary/aromatic N) is 2. The predicted molar refractivity (Wildman–Crippen MR) is 169 cm³/mol. The number of methoxy groups -OCH3 is 1. The van der Waals surface area contributed by atoms with Crippen molar-refractivity contribution in [2.75, 3.05) is 46.4 Å². The van der Waals surface area contributed by atoms with Crippen molar-refractivity contribution in [1.29, 1.82) is 0 Å². The molecule has 2 fully saturated rings. The third-order valence-corrected chi connectivity index (χ3v) is 9.00. The summed E-state index contributed by atoms with van der Waals surface area (Å²) in [6, 6.07) is 21.9. The van der Waals surface area contributed by atoms with Crippen molar-refractivity contribution in [2.45, 2.75) is 63.5 Å². The van der Waals surface area contributed by atoms with Gasteiger partial charge in [-0.2, -0.15) is 0 Å². The Hall–Kier alpha value is -3.42. The second-order valence-electron chi connectivity index (χ2n) is 11.8. The zero-order valence-corrected chi connectivity index (χ0v) is 25.2. The Kier molecular flexibility index (Phi) is 10.5. The molecular weight excluding hydrogens is 524 g/mol. The molecule has 42 heavy (non-hydrogen) atoms. The topological polar surface area (TPSA) is 73.9 Å². The fraction of sp³-hybridized carbons (Fsp3) is 0.486. The number of carbonyl (C=O) groups excluding carboxylic acids is 2. The van der Waals surface area contributed by atoms with Crippen LogP contribution in [-0.2, 0) is 4.79 Å². The first-order valence-corrected chi connectivity index (χ1v) is 15.7. The molecule has 0 aromatic heterocycles. The highest BCUT2D eigenvalue weighted by Crippen LogP contribution is 2.24. The van der Waals surface area contributed by atoms with Crippen molar-refractivity contribution in [3.63, 3.8) is 0 Å². The average Bonchev–Trinajstić information content (AvgIpc) is 3.19. The highest BCUT2D eigenvalue weighted by Gasteiger charge is 2.32. The number of benzene rings is 3. The van der Waals surface area contributed by atoms with Crippen molar-refractivity contribution in [3.05, 3.63) is 77.9 Å². The summed E-state index contributed by atoms with van der Waals surface area (Å²) in [6.07, 6.45) is 6.35. The van der Waals surface area contributed by atoms with Gasteiger partial charge in [0.05, 0.1) is 13.2 Å². The van der Waals surface area contributed by atoms with E-state index in [4.69, 9.17) is 4.74 Å². The molecule has 0 saturated carbocycles. The van der Waals surface area contributed by atoms with E-state index in [1.165, 1.54) is 24.8 Å². The van der Waals surface area contributed by atoms with Gasteiger partial charge in [-0.15, -0.1) is 0 Å². The maximum absolute atomic E-state index is 13.9. The van der Waals surface area contributed by atoms with Crippen LogP contribution in [-0.4, -0.2) is 80.1 Å². The molecule has 2 heterocycles. The highest BCUT2D eigenvalue weighted by molar-refractivity contribution is 5.98. The largest absolute Gasteiger partial charge is 0.497 e. The van der Waals surface area contributed by atoms with Crippen molar-refractivity contribution in [2.24, 2.45) is 0 Å². The molecule has 3 aromatic rings. The molecule has 7 nitrogen and oxygen atoms in total. The fourth-order valence-corrected chi connectivity index (χ4v) is 6.40. The highest BCUT2D eigenvalue weighted by atomic mass is 16.5. The van der Waals surface area contributed by atoms with Crippen LogP contribution in [0.1, 0.15) is 67.3 Å². The zero-order chi connectivity index (χ0) is 29.3. The number of likely N-dealkylation sites (tertiary alicyclic amines) is 1. The molecule has 3 aromatic carbocycles. The maximum atomic E-state index is 13.9. The Labute approximate surface area is 250 Å². The molecule has 2 amide bonds. The Morgan fingerprint density at radius 1 is 1.00 bits per heavy atom. The minimum atomic E-state index is -0.250. The van der Waals surface area contributed by atoms with Crippen LogP contribution in [0.25, 0.3) is 10.8 Å². The molecule has 5 rings (SSSR count). The Bertz CT molecular complexity index is 1320. The van der Waals surface area contributed by atoms with Crippen molar-refractivity contribution >= 4 is 22.6 Å². The fourth-order valence-electron chi connectivity index (χ4n) is 6.40. The molecule has 2 aliphatic rings. The van der Waals surface area contributed by atoms with Crippen LogP contribution in [0.5, 0.6) is 5.75 Å². The first-order valence-electron chi connectivity index (χ1n) is 15.7. The number of hydrogen-bond donors (Lipinski definition) is 2. The minimum absolute atomic E-state index is 0.0239. The number of carbonyl (C=O) groups is 2. The van der Waals surface area contributed by atoms with Gasteiger partial charge in [-0.05, 0) is 85.8 Å². The summed E-state index contributed by atoms with van der Waals surface area (Å²) in [7, 11) is 1.65. The van der Waals surface area contributed by atoms with Gasteiger partial charge in [0.15, 0.2) is 0 Å². The second-order valence-corrected chi connectivity index (χ2v) is 11.8. The number of amides is 2. The SMILES string of the molecule is CC[C@H](CN1CC[C@@H](CNC(=O)c2ccc3cc(OC)ccc3c2)N[C@@H](CCN2CCCCC2)C1=O)c1ccccc1. The lowest BCUT2D eigenvalue weighted by Gasteiger charge is -2.31. The average molecular weight is 571 g/mol. The third kappa shape index (κ3) is 7.69. The molecule has 0 spiro atoms. The maximum Gasteiger partial charge on any atom is 0.251 e. The van der Waals surface area contributed by atoms with E-state index >= 15 is 0 Å². The summed E-state index contributed by atoms with van der Waals surface area (Å²) < 4.78 is 5.32. The van der Waals surface area contributed by atoms with Crippen LogP contribution in [0.2, 0.25) is 0 Å². The normalized spacial score (nSPS) is 20.7. The van der Waals surface area contributed by atoms with E-state index in [0.29, 0.717) is 24.6 Å². The third-order valence-electron chi connectivity index (χ3n) is 9.00. The quantitative estimate of drug-likeness (QED) is 0.331. The molecule has 0 radical (unpaired) electrons. The van der Waals surface area contributed by atoms with Gasteiger partial charge < -0.3 is 25.2 Å². The van der Waals surface area contributed by atoms with E-state index in [2.05, 4.69) is 51.6 Å². The van der Waals surface area contributed by atoms with Gasteiger partial charge in [-0.25, -0.2) is 0 Å². The summed E-state index contributed by atoms with van der Waals surface area (Å²) in [4.78, 5) is 31.7. The van der Waals surface area contributed by atoms with E-state index < -0.39 is 0 Å². The molecular formula is C35H46N4O3. The number of hydrogen-bond acceptors (Lipinski definition) is 5. The Balaban J connectivity index is 1.25. The molecule has 0 unspecified atom stereocenters.